The Hall–Kier alpha value is 0.0169. The van der Waals surface area contributed by atoms with E-state index in [0.717, 1.165) is 19.4 Å². The zero-order valence-corrected chi connectivity index (χ0v) is 15.2. The fourth-order valence-electron chi connectivity index (χ4n) is 2.62. The quantitative estimate of drug-likeness (QED) is 0.517. The van der Waals surface area contributed by atoms with E-state index < -0.39 is 8.80 Å². The average molecular weight is 321 g/mol. The summed E-state index contributed by atoms with van der Waals surface area (Å²) in [7, 11) is -2.79. The molecule has 3 unspecified atom stereocenters. The highest BCUT2D eigenvalue weighted by Crippen LogP contribution is 2.26. The van der Waals surface area contributed by atoms with Gasteiger partial charge in [0.05, 0.1) is 19.3 Å². The summed E-state index contributed by atoms with van der Waals surface area (Å²) in [4.78, 5) is 0. The maximum atomic E-state index is 6.11. The highest BCUT2D eigenvalue weighted by Gasteiger charge is 2.50. The van der Waals surface area contributed by atoms with Gasteiger partial charge in [0.25, 0.3) is 0 Å². The lowest BCUT2D eigenvalue weighted by Gasteiger charge is -2.39. The van der Waals surface area contributed by atoms with Crippen molar-refractivity contribution in [1.82, 2.24) is 0 Å². The maximum absolute atomic E-state index is 6.11. The molecule has 0 aromatic rings. The first-order chi connectivity index (χ1) is 10.2. The molecule has 0 spiro atoms. The van der Waals surface area contributed by atoms with Crippen LogP contribution in [0.5, 0.6) is 0 Å². The Kier molecular flexibility index (Phi) is 9.00. The second-order valence-electron chi connectivity index (χ2n) is 5.17. The molecule has 5 nitrogen and oxygen atoms in total. The van der Waals surface area contributed by atoms with E-state index >= 15 is 0 Å². The van der Waals surface area contributed by atoms with Crippen LogP contribution in [-0.4, -0.2) is 53.7 Å². The molecule has 0 amide bonds. The topological polar surface area (TPSA) is 46.2 Å². The van der Waals surface area contributed by atoms with E-state index in [-0.39, 0.29) is 11.8 Å². The maximum Gasteiger partial charge on any atom is 0.531 e. The van der Waals surface area contributed by atoms with Gasteiger partial charge in [0.2, 0.25) is 0 Å². The Morgan fingerprint density at radius 1 is 1.00 bits per heavy atom. The molecule has 0 bridgehead atoms. The zero-order chi connectivity index (χ0) is 15.7. The van der Waals surface area contributed by atoms with Crippen LogP contribution in [0.15, 0.2) is 0 Å². The molecular weight excluding hydrogens is 288 g/mol. The third-order valence-electron chi connectivity index (χ3n) is 3.84. The minimum atomic E-state index is -2.79. The normalized spacial score (nSPS) is 23.9. The lowest BCUT2D eigenvalue weighted by atomic mass is 9.96. The molecule has 0 radical (unpaired) electrons. The second-order valence-corrected chi connectivity index (χ2v) is 7.89. The van der Waals surface area contributed by atoms with Gasteiger partial charge in [0.15, 0.2) is 0 Å². The van der Waals surface area contributed by atoms with Gasteiger partial charge in [-0.25, -0.2) is 0 Å². The van der Waals surface area contributed by atoms with Gasteiger partial charge in [-0.05, 0) is 33.6 Å². The zero-order valence-electron chi connectivity index (χ0n) is 14.2. The predicted molar refractivity (Wildman–Crippen MR) is 84.2 cm³/mol. The van der Waals surface area contributed by atoms with Crippen molar-refractivity contribution in [2.75, 3.05) is 33.0 Å². The summed E-state index contributed by atoms with van der Waals surface area (Å²) in [5.74, 6) is 0.616. The van der Waals surface area contributed by atoms with Gasteiger partial charge >= 0.3 is 8.80 Å². The molecule has 1 aliphatic rings. The van der Waals surface area contributed by atoms with Crippen molar-refractivity contribution in [1.29, 1.82) is 0 Å². The fraction of sp³-hybridized carbons (Fsp3) is 1.00. The van der Waals surface area contributed by atoms with E-state index in [1.165, 1.54) is 0 Å². The molecule has 21 heavy (non-hydrogen) atoms. The van der Waals surface area contributed by atoms with Gasteiger partial charge in [-0.3, -0.25) is 0 Å². The van der Waals surface area contributed by atoms with Crippen molar-refractivity contribution >= 4 is 8.80 Å². The number of hydrogen-bond donors (Lipinski definition) is 0. The molecule has 1 aliphatic heterocycles. The van der Waals surface area contributed by atoms with E-state index in [0.29, 0.717) is 32.3 Å². The van der Waals surface area contributed by atoms with Crippen molar-refractivity contribution in [3.05, 3.63) is 0 Å². The lowest BCUT2D eigenvalue weighted by Crippen LogP contribution is -2.58. The smallest absolute Gasteiger partial charge is 0.375 e. The van der Waals surface area contributed by atoms with Crippen LogP contribution in [-0.2, 0) is 22.8 Å². The number of ether oxygens (including phenoxy) is 2. The van der Waals surface area contributed by atoms with Gasteiger partial charge in [0, 0.05) is 25.7 Å². The Balaban J connectivity index is 2.65. The number of rotatable bonds is 12. The van der Waals surface area contributed by atoms with Crippen LogP contribution in [0.4, 0.5) is 0 Å². The first-order valence-corrected chi connectivity index (χ1v) is 10.1. The van der Waals surface area contributed by atoms with E-state index in [2.05, 4.69) is 13.8 Å². The summed E-state index contributed by atoms with van der Waals surface area (Å²) in [5.41, 5.74) is -0.126. The summed E-state index contributed by atoms with van der Waals surface area (Å²) in [6, 6.07) is 0. The lowest BCUT2D eigenvalue weighted by molar-refractivity contribution is -0.156. The summed E-state index contributed by atoms with van der Waals surface area (Å²) < 4.78 is 29.5. The molecule has 0 aromatic carbocycles. The highest BCUT2D eigenvalue weighted by atomic mass is 28.4. The first-order valence-electron chi connectivity index (χ1n) is 8.32. The Morgan fingerprint density at radius 2 is 1.57 bits per heavy atom. The first kappa shape index (κ1) is 19.1. The summed E-state index contributed by atoms with van der Waals surface area (Å²) >= 11 is 0. The summed E-state index contributed by atoms with van der Waals surface area (Å²) in [6.07, 6.45) is 2.16. The molecule has 0 aromatic heterocycles. The standard InChI is InChI=1S/C15H32O5Si/c1-6-13-11-16-14(13)12-17-15(7-2)21(18-8-3,19-9-4)20-10-5/h13-15H,6-12H2,1-5H3. The largest absolute Gasteiger partial charge is 0.531 e. The number of hydrogen-bond acceptors (Lipinski definition) is 5. The van der Waals surface area contributed by atoms with Crippen LogP contribution in [0.25, 0.3) is 0 Å². The van der Waals surface area contributed by atoms with Gasteiger partial charge in [0.1, 0.15) is 5.73 Å². The Bertz CT molecular complexity index is 258. The summed E-state index contributed by atoms with van der Waals surface area (Å²) in [5, 5.41) is 0. The monoisotopic (exact) mass is 320 g/mol. The third kappa shape index (κ3) is 5.01. The molecule has 126 valence electrons. The molecule has 0 aliphatic carbocycles. The van der Waals surface area contributed by atoms with Crippen molar-refractivity contribution < 1.29 is 22.8 Å². The Morgan fingerprint density at radius 3 is 1.90 bits per heavy atom. The predicted octanol–water partition coefficient (Wildman–Crippen LogP) is 2.79. The van der Waals surface area contributed by atoms with Gasteiger partial charge < -0.3 is 22.8 Å². The molecule has 1 saturated heterocycles. The van der Waals surface area contributed by atoms with Crippen molar-refractivity contribution in [2.45, 2.75) is 59.3 Å². The van der Waals surface area contributed by atoms with Gasteiger partial charge in [-0.15, -0.1) is 0 Å². The minimum Gasteiger partial charge on any atom is -0.375 e. The SMILES string of the molecule is CCO[Si](OCC)(OCC)C(CC)OCC1OCC1CC. The molecule has 0 N–H and O–H groups in total. The van der Waals surface area contributed by atoms with Crippen LogP contribution in [0.3, 0.4) is 0 Å². The third-order valence-corrected chi connectivity index (χ3v) is 7.27. The minimum absolute atomic E-state index is 0.126. The van der Waals surface area contributed by atoms with Crippen molar-refractivity contribution in [2.24, 2.45) is 5.92 Å². The highest BCUT2D eigenvalue weighted by molar-refractivity contribution is 6.62. The molecule has 0 saturated carbocycles. The summed E-state index contributed by atoms with van der Waals surface area (Å²) in [6.45, 7) is 13.3. The van der Waals surface area contributed by atoms with Crippen LogP contribution < -0.4 is 0 Å². The Labute approximate surface area is 130 Å². The molecule has 3 atom stereocenters. The van der Waals surface area contributed by atoms with Crippen molar-refractivity contribution in [3.8, 4) is 0 Å². The molecule has 1 rings (SSSR count). The van der Waals surface area contributed by atoms with E-state index in [4.69, 9.17) is 22.8 Å². The van der Waals surface area contributed by atoms with Gasteiger partial charge in [-0.1, -0.05) is 13.8 Å². The molecular formula is C15H32O5Si. The van der Waals surface area contributed by atoms with E-state index in [1.54, 1.807) is 0 Å². The van der Waals surface area contributed by atoms with E-state index in [9.17, 15) is 0 Å². The average Bonchev–Trinajstić information content (AvgIpc) is 2.43. The second kappa shape index (κ2) is 9.92. The van der Waals surface area contributed by atoms with Crippen LogP contribution in [0.1, 0.15) is 47.5 Å². The van der Waals surface area contributed by atoms with Crippen LogP contribution >= 0.6 is 0 Å². The van der Waals surface area contributed by atoms with Crippen molar-refractivity contribution in [3.63, 3.8) is 0 Å². The van der Waals surface area contributed by atoms with E-state index in [1.807, 2.05) is 20.8 Å². The molecule has 6 heteroatoms. The molecule has 1 fully saturated rings. The fourth-order valence-corrected chi connectivity index (χ4v) is 5.44. The van der Waals surface area contributed by atoms with Crippen LogP contribution in [0, 0.1) is 5.92 Å². The van der Waals surface area contributed by atoms with Crippen LogP contribution in [0.2, 0.25) is 0 Å². The van der Waals surface area contributed by atoms with Gasteiger partial charge in [-0.2, -0.15) is 0 Å². The molecule has 1 heterocycles.